The maximum absolute atomic E-state index is 3.60. The van der Waals surface area contributed by atoms with Crippen molar-refractivity contribution in [3.63, 3.8) is 0 Å². The van der Waals surface area contributed by atoms with Crippen LogP contribution in [0.4, 0.5) is 0 Å². The molecule has 0 aromatic heterocycles. The number of rotatable bonds is 6. The van der Waals surface area contributed by atoms with Crippen molar-refractivity contribution in [3.05, 3.63) is 0 Å². The summed E-state index contributed by atoms with van der Waals surface area (Å²) in [6.45, 7) is 8.75. The summed E-state index contributed by atoms with van der Waals surface area (Å²) in [7, 11) is 0. The molecule has 0 spiro atoms. The Morgan fingerprint density at radius 3 is 2.69 bits per heavy atom. The minimum Gasteiger partial charge on any atom is -0.315 e. The Kier molecular flexibility index (Phi) is 5.11. The molecule has 0 bridgehead atoms. The van der Waals surface area contributed by atoms with Gasteiger partial charge in [0.2, 0.25) is 0 Å². The number of nitrogens with zero attached hydrogens (tertiary/aromatic N) is 1. The molecule has 1 atom stereocenters. The van der Waals surface area contributed by atoms with Crippen LogP contribution < -0.4 is 5.32 Å². The van der Waals surface area contributed by atoms with E-state index in [9.17, 15) is 0 Å². The average molecular weight is 224 g/mol. The second kappa shape index (κ2) is 6.61. The Morgan fingerprint density at radius 1 is 1.06 bits per heavy atom. The van der Waals surface area contributed by atoms with Crippen molar-refractivity contribution in [2.45, 2.75) is 45.4 Å². The smallest absolute Gasteiger partial charge is 0.0107 e. The predicted octanol–water partition coefficient (Wildman–Crippen LogP) is 2.50. The maximum atomic E-state index is 3.60. The Morgan fingerprint density at radius 2 is 1.94 bits per heavy atom. The minimum absolute atomic E-state index is 1.00. The molecule has 1 saturated carbocycles. The van der Waals surface area contributed by atoms with Crippen LogP contribution in [-0.4, -0.2) is 37.6 Å². The van der Waals surface area contributed by atoms with E-state index in [0.29, 0.717) is 0 Å². The van der Waals surface area contributed by atoms with Gasteiger partial charge in [-0.05, 0) is 63.6 Å². The van der Waals surface area contributed by atoms with Gasteiger partial charge in [0.05, 0.1) is 0 Å². The van der Waals surface area contributed by atoms with E-state index in [1.54, 1.807) is 0 Å². The molecule has 0 radical (unpaired) electrons. The van der Waals surface area contributed by atoms with E-state index in [2.05, 4.69) is 17.1 Å². The summed E-state index contributed by atoms with van der Waals surface area (Å²) < 4.78 is 0. The molecule has 1 unspecified atom stereocenters. The summed E-state index contributed by atoms with van der Waals surface area (Å²) in [5.74, 6) is 2.03. The predicted molar refractivity (Wildman–Crippen MR) is 69.7 cm³/mol. The molecule has 1 aliphatic carbocycles. The Balaban J connectivity index is 1.54. The van der Waals surface area contributed by atoms with Crippen molar-refractivity contribution in [2.24, 2.45) is 11.8 Å². The Bertz CT molecular complexity index is 189. The van der Waals surface area contributed by atoms with Crippen molar-refractivity contribution >= 4 is 0 Å². The summed E-state index contributed by atoms with van der Waals surface area (Å²) >= 11 is 0. The highest BCUT2D eigenvalue weighted by atomic mass is 15.1. The number of nitrogens with one attached hydrogen (secondary N) is 1. The Labute approximate surface area is 101 Å². The molecule has 1 saturated heterocycles. The quantitative estimate of drug-likeness (QED) is 0.697. The van der Waals surface area contributed by atoms with Gasteiger partial charge in [0.15, 0.2) is 0 Å². The zero-order valence-corrected chi connectivity index (χ0v) is 10.9. The fourth-order valence-electron chi connectivity index (χ4n) is 2.72. The zero-order valence-electron chi connectivity index (χ0n) is 10.9. The van der Waals surface area contributed by atoms with Gasteiger partial charge in [-0.15, -0.1) is 0 Å². The van der Waals surface area contributed by atoms with Gasteiger partial charge in [-0.3, -0.25) is 0 Å². The summed E-state index contributed by atoms with van der Waals surface area (Å²) in [4.78, 5) is 2.66. The van der Waals surface area contributed by atoms with Gasteiger partial charge in [-0.2, -0.15) is 0 Å². The van der Waals surface area contributed by atoms with Crippen LogP contribution in [0.5, 0.6) is 0 Å². The third kappa shape index (κ3) is 4.42. The fraction of sp³-hybridized carbons (Fsp3) is 1.00. The first-order chi connectivity index (χ1) is 7.88. The molecule has 2 rings (SSSR count). The molecule has 1 N–H and O–H groups in total. The molecule has 0 amide bonds. The highest BCUT2D eigenvalue weighted by Crippen LogP contribution is 2.27. The third-order valence-corrected chi connectivity index (χ3v) is 4.25. The molecule has 0 aromatic rings. The monoisotopic (exact) mass is 224 g/mol. The van der Waals surface area contributed by atoms with Crippen LogP contribution in [0.15, 0.2) is 0 Å². The lowest BCUT2D eigenvalue weighted by Crippen LogP contribution is -2.33. The second-order valence-electron chi connectivity index (χ2n) is 5.69. The number of hydrogen-bond acceptors (Lipinski definition) is 2. The normalized spacial score (nSPS) is 27.9. The summed E-state index contributed by atoms with van der Waals surface area (Å²) in [5.41, 5.74) is 0. The summed E-state index contributed by atoms with van der Waals surface area (Å²) in [5, 5.41) is 3.60. The van der Waals surface area contributed by atoms with Gasteiger partial charge in [0.25, 0.3) is 0 Å². The second-order valence-corrected chi connectivity index (χ2v) is 5.69. The van der Waals surface area contributed by atoms with Crippen LogP contribution in [0, 0.1) is 11.8 Å². The first kappa shape index (κ1) is 12.4. The lowest BCUT2D eigenvalue weighted by Gasteiger charge is -2.20. The van der Waals surface area contributed by atoms with Crippen molar-refractivity contribution in [2.75, 3.05) is 32.7 Å². The van der Waals surface area contributed by atoms with Crippen LogP contribution in [0.25, 0.3) is 0 Å². The van der Waals surface area contributed by atoms with E-state index < -0.39 is 0 Å². The molecule has 1 aliphatic heterocycles. The molecular formula is C14H28N2. The highest BCUT2D eigenvalue weighted by Gasteiger charge is 2.20. The van der Waals surface area contributed by atoms with Gasteiger partial charge >= 0.3 is 0 Å². The maximum Gasteiger partial charge on any atom is 0.0107 e. The van der Waals surface area contributed by atoms with Crippen LogP contribution in [-0.2, 0) is 0 Å². The van der Waals surface area contributed by atoms with Crippen molar-refractivity contribution in [1.29, 1.82) is 0 Å². The van der Waals surface area contributed by atoms with Crippen LogP contribution in [0.1, 0.15) is 45.4 Å². The molecule has 1 heterocycles. The molecular weight excluding hydrogens is 196 g/mol. The molecule has 0 aromatic carbocycles. The third-order valence-electron chi connectivity index (χ3n) is 4.25. The van der Waals surface area contributed by atoms with Crippen LogP contribution in [0.3, 0.4) is 0 Å². The van der Waals surface area contributed by atoms with Gasteiger partial charge < -0.3 is 10.2 Å². The lowest BCUT2D eigenvalue weighted by atomic mass is 9.98. The minimum atomic E-state index is 1.00. The largest absolute Gasteiger partial charge is 0.315 e. The molecule has 2 fully saturated rings. The first-order valence-corrected chi connectivity index (χ1v) is 7.31. The molecule has 2 nitrogen and oxygen atoms in total. The van der Waals surface area contributed by atoms with Gasteiger partial charge in [-0.25, -0.2) is 0 Å². The Hall–Kier alpha value is -0.0800. The number of hydrogen-bond donors (Lipinski definition) is 1. The molecule has 16 heavy (non-hydrogen) atoms. The van der Waals surface area contributed by atoms with Crippen LogP contribution in [0.2, 0.25) is 0 Å². The van der Waals surface area contributed by atoms with Gasteiger partial charge in [-0.1, -0.05) is 13.3 Å². The number of likely N-dealkylation sites (tertiary alicyclic amines) is 1. The van der Waals surface area contributed by atoms with Gasteiger partial charge in [0.1, 0.15) is 0 Å². The van der Waals surface area contributed by atoms with Crippen LogP contribution >= 0.6 is 0 Å². The zero-order chi connectivity index (χ0) is 11.2. The summed E-state index contributed by atoms with van der Waals surface area (Å²) in [6, 6.07) is 0. The molecule has 94 valence electrons. The first-order valence-electron chi connectivity index (χ1n) is 7.31. The summed E-state index contributed by atoms with van der Waals surface area (Å²) in [6.07, 6.45) is 8.63. The SMILES string of the molecule is CCC1CCCN(CCNCC2CC2)CC1. The molecule has 2 aliphatic rings. The average Bonchev–Trinajstić information content (AvgIpc) is 3.12. The van der Waals surface area contributed by atoms with E-state index in [4.69, 9.17) is 0 Å². The van der Waals surface area contributed by atoms with Crippen molar-refractivity contribution in [3.8, 4) is 0 Å². The van der Waals surface area contributed by atoms with E-state index in [0.717, 1.165) is 11.8 Å². The highest BCUT2D eigenvalue weighted by molar-refractivity contribution is 4.76. The topological polar surface area (TPSA) is 15.3 Å². The fourth-order valence-corrected chi connectivity index (χ4v) is 2.72. The van der Waals surface area contributed by atoms with E-state index in [1.165, 1.54) is 71.2 Å². The van der Waals surface area contributed by atoms with E-state index >= 15 is 0 Å². The standard InChI is InChI=1S/C14H28N2/c1-2-13-4-3-9-16(10-7-13)11-8-15-12-14-5-6-14/h13-15H,2-12H2,1H3. The van der Waals surface area contributed by atoms with Crippen molar-refractivity contribution < 1.29 is 0 Å². The lowest BCUT2D eigenvalue weighted by molar-refractivity contribution is 0.279. The van der Waals surface area contributed by atoms with Crippen molar-refractivity contribution in [1.82, 2.24) is 10.2 Å². The molecule has 2 heteroatoms. The van der Waals surface area contributed by atoms with E-state index in [1.807, 2.05) is 0 Å². The van der Waals surface area contributed by atoms with E-state index in [-0.39, 0.29) is 0 Å². The van der Waals surface area contributed by atoms with Gasteiger partial charge in [0, 0.05) is 13.1 Å².